The number of piperidine rings is 1. The Balaban J connectivity index is 1.39. The Kier molecular flexibility index (Phi) is 6.34. The highest BCUT2D eigenvalue weighted by atomic mass is 19.2. The van der Waals surface area contributed by atoms with Crippen LogP contribution in [0.25, 0.3) is 0 Å². The second-order valence-electron chi connectivity index (χ2n) is 6.85. The fourth-order valence-electron chi connectivity index (χ4n) is 3.33. The lowest BCUT2D eigenvalue weighted by molar-refractivity contribution is -0.122. The fourth-order valence-corrected chi connectivity index (χ4v) is 3.33. The summed E-state index contributed by atoms with van der Waals surface area (Å²) < 4.78 is 26.3. The Morgan fingerprint density at radius 2 is 1.73 bits per heavy atom. The van der Waals surface area contributed by atoms with Crippen molar-refractivity contribution >= 4 is 5.91 Å². The molecule has 2 aromatic carbocycles. The highest BCUT2D eigenvalue weighted by Gasteiger charge is 2.20. The van der Waals surface area contributed by atoms with E-state index >= 15 is 0 Å². The molecule has 0 radical (unpaired) electrons. The minimum absolute atomic E-state index is 0.0907. The van der Waals surface area contributed by atoms with Crippen molar-refractivity contribution in [3.05, 3.63) is 71.3 Å². The van der Waals surface area contributed by atoms with Gasteiger partial charge >= 0.3 is 0 Å². The van der Waals surface area contributed by atoms with Crippen LogP contribution in [0.1, 0.15) is 30.4 Å². The molecular formula is C21H24F2N2O. The minimum Gasteiger partial charge on any atom is -0.353 e. The van der Waals surface area contributed by atoms with Crippen LogP contribution < -0.4 is 5.32 Å². The molecule has 3 rings (SSSR count). The highest BCUT2D eigenvalue weighted by Crippen LogP contribution is 2.16. The van der Waals surface area contributed by atoms with Gasteiger partial charge in [-0.25, -0.2) is 8.78 Å². The first-order valence-corrected chi connectivity index (χ1v) is 9.10. The van der Waals surface area contributed by atoms with Crippen LogP contribution in [-0.4, -0.2) is 29.9 Å². The predicted molar refractivity (Wildman–Crippen MR) is 97.6 cm³/mol. The fraction of sp³-hybridized carbons (Fsp3) is 0.381. The Morgan fingerprint density at radius 3 is 2.42 bits per heavy atom. The van der Waals surface area contributed by atoms with E-state index in [1.165, 1.54) is 17.7 Å². The van der Waals surface area contributed by atoms with E-state index in [9.17, 15) is 13.6 Å². The van der Waals surface area contributed by atoms with E-state index in [1.54, 1.807) is 6.07 Å². The van der Waals surface area contributed by atoms with Crippen molar-refractivity contribution < 1.29 is 13.6 Å². The van der Waals surface area contributed by atoms with Gasteiger partial charge in [0.1, 0.15) is 0 Å². The number of halogens is 2. The molecule has 1 fully saturated rings. The van der Waals surface area contributed by atoms with Gasteiger partial charge in [0.2, 0.25) is 5.91 Å². The Hall–Kier alpha value is -2.27. The Morgan fingerprint density at radius 1 is 1.00 bits per heavy atom. The number of likely N-dealkylation sites (tertiary alicyclic amines) is 1. The van der Waals surface area contributed by atoms with Crippen LogP contribution in [0.15, 0.2) is 48.5 Å². The maximum absolute atomic E-state index is 13.3. The molecule has 1 N–H and O–H groups in total. The Labute approximate surface area is 153 Å². The second kappa shape index (κ2) is 8.90. The summed E-state index contributed by atoms with van der Waals surface area (Å²) in [6.07, 6.45) is 3.00. The number of carbonyl (C=O) groups excluding carboxylic acids is 1. The van der Waals surface area contributed by atoms with Crippen LogP contribution in [0, 0.1) is 11.6 Å². The van der Waals surface area contributed by atoms with E-state index in [1.807, 2.05) is 30.3 Å². The van der Waals surface area contributed by atoms with Crippen molar-refractivity contribution in [2.75, 3.05) is 13.1 Å². The van der Waals surface area contributed by atoms with Crippen molar-refractivity contribution in [1.82, 2.24) is 10.2 Å². The van der Waals surface area contributed by atoms with Crippen LogP contribution in [0.4, 0.5) is 8.78 Å². The number of hydrogen-bond donors (Lipinski definition) is 1. The van der Waals surface area contributed by atoms with Gasteiger partial charge in [-0.05, 0) is 42.5 Å². The molecule has 0 unspecified atom stereocenters. The summed E-state index contributed by atoms with van der Waals surface area (Å²) in [4.78, 5) is 14.3. The van der Waals surface area contributed by atoms with E-state index in [0.717, 1.165) is 37.9 Å². The standard InChI is InChI=1S/C21H24F2N2O/c22-19-8-6-17(14-20(19)23)15-25-12-10-18(11-13-25)24-21(26)9-7-16-4-2-1-3-5-16/h1-6,8,14,18H,7,9-13,15H2,(H,24,26). The molecule has 0 aliphatic carbocycles. The summed E-state index contributed by atoms with van der Waals surface area (Å²) in [5.74, 6) is -1.53. The average molecular weight is 358 g/mol. The number of benzene rings is 2. The number of nitrogens with zero attached hydrogens (tertiary/aromatic N) is 1. The van der Waals surface area contributed by atoms with Crippen LogP contribution >= 0.6 is 0 Å². The van der Waals surface area contributed by atoms with Crippen molar-refractivity contribution in [3.63, 3.8) is 0 Å². The van der Waals surface area contributed by atoms with Gasteiger partial charge in [0.25, 0.3) is 0 Å². The molecule has 1 amide bonds. The SMILES string of the molecule is O=C(CCc1ccccc1)NC1CCN(Cc2ccc(F)c(F)c2)CC1. The van der Waals surface area contributed by atoms with Gasteiger partial charge in [0.15, 0.2) is 11.6 Å². The summed E-state index contributed by atoms with van der Waals surface area (Å²) in [6, 6.07) is 14.2. The number of nitrogens with one attached hydrogen (secondary N) is 1. The van der Waals surface area contributed by atoms with Gasteiger partial charge in [-0.15, -0.1) is 0 Å². The van der Waals surface area contributed by atoms with Crippen LogP contribution in [-0.2, 0) is 17.8 Å². The summed E-state index contributed by atoms with van der Waals surface area (Å²) in [5, 5.41) is 3.11. The van der Waals surface area contributed by atoms with Gasteiger partial charge in [0.05, 0.1) is 0 Å². The van der Waals surface area contributed by atoms with Crippen LogP contribution in [0.2, 0.25) is 0 Å². The molecule has 0 saturated carbocycles. The van der Waals surface area contributed by atoms with Gasteiger partial charge in [-0.1, -0.05) is 36.4 Å². The third-order valence-corrected chi connectivity index (χ3v) is 4.83. The molecule has 0 aromatic heterocycles. The zero-order valence-corrected chi connectivity index (χ0v) is 14.8. The molecule has 2 aromatic rings. The quantitative estimate of drug-likeness (QED) is 0.854. The lowest BCUT2D eigenvalue weighted by atomic mass is 10.0. The lowest BCUT2D eigenvalue weighted by Crippen LogP contribution is -2.44. The van der Waals surface area contributed by atoms with Gasteiger partial charge in [0, 0.05) is 32.1 Å². The molecule has 0 bridgehead atoms. The van der Waals surface area contributed by atoms with Crippen molar-refractivity contribution in [2.45, 2.75) is 38.3 Å². The topological polar surface area (TPSA) is 32.3 Å². The maximum atomic E-state index is 13.3. The molecule has 1 heterocycles. The zero-order valence-electron chi connectivity index (χ0n) is 14.8. The van der Waals surface area contributed by atoms with Crippen LogP contribution in [0.3, 0.4) is 0 Å². The molecule has 138 valence electrons. The predicted octanol–water partition coefficient (Wildman–Crippen LogP) is 3.68. The van der Waals surface area contributed by atoms with E-state index < -0.39 is 11.6 Å². The third kappa shape index (κ3) is 5.36. The summed E-state index contributed by atoms with van der Waals surface area (Å²) in [6.45, 7) is 2.27. The van der Waals surface area contributed by atoms with Crippen LogP contribution in [0.5, 0.6) is 0 Å². The smallest absolute Gasteiger partial charge is 0.220 e. The highest BCUT2D eigenvalue weighted by molar-refractivity contribution is 5.76. The number of carbonyl (C=O) groups is 1. The number of hydrogen-bond acceptors (Lipinski definition) is 2. The molecule has 3 nitrogen and oxygen atoms in total. The molecule has 0 spiro atoms. The summed E-state index contributed by atoms with van der Waals surface area (Å²) >= 11 is 0. The zero-order chi connectivity index (χ0) is 18.4. The second-order valence-corrected chi connectivity index (χ2v) is 6.85. The molecule has 26 heavy (non-hydrogen) atoms. The first-order valence-electron chi connectivity index (χ1n) is 9.10. The van der Waals surface area contributed by atoms with Crippen molar-refractivity contribution in [2.24, 2.45) is 0 Å². The Bertz CT molecular complexity index is 728. The minimum atomic E-state index is -0.814. The molecule has 1 aliphatic rings. The van der Waals surface area contributed by atoms with Gasteiger partial charge in [-0.2, -0.15) is 0 Å². The van der Waals surface area contributed by atoms with E-state index in [0.29, 0.717) is 13.0 Å². The van der Waals surface area contributed by atoms with E-state index in [2.05, 4.69) is 10.2 Å². The third-order valence-electron chi connectivity index (χ3n) is 4.83. The molecule has 5 heteroatoms. The van der Waals surface area contributed by atoms with Crippen molar-refractivity contribution in [3.8, 4) is 0 Å². The van der Waals surface area contributed by atoms with Gasteiger partial charge < -0.3 is 5.32 Å². The van der Waals surface area contributed by atoms with E-state index in [-0.39, 0.29) is 11.9 Å². The average Bonchev–Trinajstić information content (AvgIpc) is 2.65. The van der Waals surface area contributed by atoms with Crippen molar-refractivity contribution in [1.29, 1.82) is 0 Å². The normalized spacial score (nSPS) is 15.8. The van der Waals surface area contributed by atoms with E-state index in [4.69, 9.17) is 0 Å². The lowest BCUT2D eigenvalue weighted by Gasteiger charge is -2.32. The number of rotatable bonds is 6. The largest absolute Gasteiger partial charge is 0.353 e. The first-order chi connectivity index (χ1) is 12.6. The molecule has 0 atom stereocenters. The molecule has 1 saturated heterocycles. The maximum Gasteiger partial charge on any atom is 0.220 e. The first kappa shape index (κ1) is 18.5. The number of aryl methyl sites for hydroxylation is 1. The summed E-state index contributed by atoms with van der Waals surface area (Å²) in [5.41, 5.74) is 1.94. The molecule has 1 aliphatic heterocycles. The van der Waals surface area contributed by atoms with Gasteiger partial charge in [-0.3, -0.25) is 9.69 Å². The molecular weight excluding hydrogens is 334 g/mol. The number of amides is 1. The summed E-state index contributed by atoms with van der Waals surface area (Å²) in [7, 11) is 0. The monoisotopic (exact) mass is 358 g/mol.